The molecule has 0 bridgehead atoms. The van der Waals surface area contributed by atoms with Gasteiger partial charge in [0.15, 0.2) is 11.6 Å². The normalized spacial score (nSPS) is 17.5. The Bertz CT molecular complexity index is 1010. The minimum absolute atomic E-state index is 0.113. The van der Waals surface area contributed by atoms with Crippen molar-refractivity contribution >= 4 is 28.1 Å². The molecule has 182 valence electrons. The Kier molecular flexibility index (Phi) is 7.90. The van der Waals surface area contributed by atoms with Gasteiger partial charge in [-0.2, -0.15) is 4.90 Å². The van der Waals surface area contributed by atoms with Gasteiger partial charge in [-0.1, -0.05) is 12.5 Å². The van der Waals surface area contributed by atoms with E-state index in [1.807, 2.05) is 0 Å². The predicted octanol–water partition coefficient (Wildman–Crippen LogP) is 2.71. The summed E-state index contributed by atoms with van der Waals surface area (Å²) in [5.41, 5.74) is 0.589. The predicted molar refractivity (Wildman–Crippen MR) is 116 cm³/mol. The summed E-state index contributed by atoms with van der Waals surface area (Å²) in [5, 5.41) is 8.86. The van der Waals surface area contributed by atoms with Crippen molar-refractivity contribution in [3.05, 3.63) is 29.6 Å². The first-order chi connectivity index (χ1) is 15.6. The van der Waals surface area contributed by atoms with Gasteiger partial charge in [-0.05, 0) is 56.2 Å². The molecule has 1 saturated carbocycles. The Morgan fingerprint density at radius 1 is 1.27 bits per heavy atom. The van der Waals surface area contributed by atoms with E-state index in [1.54, 1.807) is 6.92 Å². The van der Waals surface area contributed by atoms with Crippen molar-refractivity contribution in [3.63, 3.8) is 0 Å². The molecule has 1 saturated heterocycles. The SMILES string of the molecule is C[C@@H](NS(=O)(=O)CCCCCN1CC(=O)N(C(=O)O)C1=O)c1ccc(F)c(OCC2CC2)c1. The number of halogens is 1. The van der Waals surface area contributed by atoms with Crippen LogP contribution in [0.2, 0.25) is 0 Å². The van der Waals surface area contributed by atoms with Crippen LogP contribution in [0.15, 0.2) is 18.2 Å². The van der Waals surface area contributed by atoms with E-state index in [1.165, 1.54) is 18.2 Å². The molecule has 1 aliphatic carbocycles. The molecule has 1 heterocycles. The fourth-order valence-electron chi connectivity index (χ4n) is 3.47. The fourth-order valence-corrected chi connectivity index (χ4v) is 4.85. The third-order valence-electron chi connectivity index (χ3n) is 5.55. The lowest BCUT2D eigenvalue weighted by molar-refractivity contribution is -0.123. The third-order valence-corrected chi connectivity index (χ3v) is 7.09. The molecule has 3 rings (SSSR count). The Morgan fingerprint density at radius 3 is 2.64 bits per heavy atom. The number of hydrogen-bond acceptors (Lipinski definition) is 6. The first-order valence-electron chi connectivity index (χ1n) is 10.8. The number of nitrogens with zero attached hydrogens (tertiary/aromatic N) is 2. The summed E-state index contributed by atoms with van der Waals surface area (Å²) in [6.45, 7) is 1.98. The van der Waals surface area contributed by atoms with Crippen LogP contribution in [-0.2, 0) is 14.8 Å². The van der Waals surface area contributed by atoms with Gasteiger partial charge < -0.3 is 14.7 Å². The first kappa shape index (κ1) is 24.9. The summed E-state index contributed by atoms with van der Waals surface area (Å²) in [6.07, 6.45) is 1.75. The maximum absolute atomic E-state index is 14.0. The second-order valence-corrected chi connectivity index (χ2v) is 10.3. The van der Waals surface area contributed by atoms with Gasteiger partial charge in [0.2, 0.25) is 10.0 Å². The summed E-state index contributed by atoms with van der Waals surface area (Å²) in [6, 6.07) is 2.84. The third kappa shape index (κ3) is 6.87. The van der Waals surface area contributed by atoms with Gasteiger partial charge in [-0.15, -0.1) is 0 Å². The van der Waals surface area contributed by atoms with E-state index in [9.17, 15) is 27.2 Å². The molecule has 1 aromatic rings. The lowest BCUT2D eigenvalue weighted by Gasteiger charge is -2.17. The summed E-state index contributed by atoms with van der Waals surface area (Å²) in [5.74, 6) is -0.849. The number of amides is 4. The number of unbranched alkanes of at least 4 members (excludes halogenated alkanes) is 2. The van der Waals surface area contributed by atoms with Crippen molar-refractivity contribution in [2.45, 2.75) is 45.1 Å². The van der Waals surface area contributed by atoms with Crippen LogP contribution in [0.25, 0.3) is 0 Å². The van der Waals surface area contributed by atoms with Crippen LogP contribution in [-0.4, -0.2) is 66.8 Å². The lowest BCUT2D eigenvalue weighted by Crippen LogP contribution is -2.37. The zero-order valence-electron chi connectivity index (χ0n) is 18.3. The van der Waals surface area contributed by atoms with Gasteiger partial charge in [0.1, 0.15) is 6.54 Å². The van der Waals surface area contributed by atoms with Gasteiger partial charge in [0, 0.05) is 12.6 Å². The van der Waals surface area contributed by atoms with Crippen LogP contribution in [0.5, 0.6) is 5.75 Å². The second-order valence-electron chi connectivity index (χ2n) is 8.38. The number of imide groups is 3. The molecule has 12 heteroatoms. The van der Waals surface area contributed by atoms with Crippen LogP contribution in [0, 0.1) is 11.7 Å². The van der Waals surface area contributed by atoms with E-state index in [4.69, 9.17) is 9.84 Å². The minimum atomic E-state index is -3.61. The number of ether oxygens (including phenoxy) is 1. The van der Waals surface area contributed by atoms with E-state index in [0.717, 1.165) is 17.7 Å². The molecule has 10 nitrogen and oxygen atoms in total. The minimum Gasteiger partial charge on any atom is -0.490 e. The maximum atomic E-state index is 14.0. The maximum Gasteiger partial charge on any atom is 0.422 e. The van der Waals surface area contributed by atoms with Crippen LogP contribution in [0.4, 0.5) is 14.0 Å². The Labute approximate surface area is 191 Å². The molecule has 1 atom stereocenters. The van der Waals surface area contributed by atoms with Crippen LogP contribution >= 0.6 is 0 Å². The number of benzene rings is 1. The number of hydrogen-bond donors (Lipinski definition) is 2. The molecule has 0 radical (unpaired) electrons. The zero-order valence-corrected chi connectivity index (χ0v) is 19.1. The number of carbonyl (C=O) groups excluding carboxylic acids is 2. The smallest absolute Gasteiger partial charge is 0.422 e. The van der Waals surface area contributed by atoms with E-state index in [-0.39, 0.29) is 29.5 Å². The summed E-state index contributed by atoms with van der Waals surface area (Å²) in [4.78, 5) is 35.6. The highest BCUT2D eigenvalue weighted by Gasteiger charge is 2.40. The van der Waals surface area contributed by atoms with Crippen molar-refractivity contribution < 1.29 is 37.0 Å². The molecule has 33 heavy (non-hydrogen) atoms. The highest BCUT2D eigenvalue weighted by Crippen LogP contribution is 2.31. The molecule has 4 amide bonds. The molecule has 2 fully saturated rings. The molecule has 1 aromatic carbocycles. The monoisotopic (exact) mass is 485 g/mol. The van der Waals surface area contributed by atoms with E-state index in [0.29, 0.717) is 37.4 Å². The van der Waals surface area contributed by atoms with Gasteiger partial charge in [0.25, 0.3) is 5.91 Å². The number of nitrogens with one attached hydrogen (secondary N) is 1. The number of carbonyl (C=O) groups is 3. The van der Waals surface area contributed by atoms with Crippen molar-refractivity contribution in [2.75, 3.05) is 25.4 Å². The van der Waals surface area contributed by atoms with Gasteiger partial charge >= 0.3 is 12.1 Å². The van der Waals surface area contributed by atoms with Crippen molar-refractivity contribution in [1.29, 1.82) is 0 Å². The number of rotatable bonds is 12. The van der Waals surface area contributed by atoms with Crippen molar-refractivity contribution in [1.82, 2.24) is 14.5 Å². The Morgan fingerprint density at radius 2 is 2.00 bits per heavy atom. The zero-order chi connectivity index (χ0) is 24.2. The number of carboxylic acid groups (broad SMARTS) is 1. The molecule has 0 spiro atoms. The van der Waals surface area contributed by atoms with Gasteiger partial charge in [-0.3, -0.25) is 4.79 Å². The van der Waals surface area contributed by atoms with E-state index in [2.05, 4.69) is 4.72 Å². The standard InChI is InChI=1S/C21H28FN3O7S/c1-14(16-7-8-17(22)18(11-16)32-13-15-5-6-15)23-33(30,31)10-4-2-3-9-24-12-19(26)25(20(24)27)21(28)29/h7-8,11,14-15,23H,2-6,9-10,12-13H2,1H3,(H,28,29)/t14-/m1/s1. The van der Waals surface area contributed by atoms with E-state index < -0.39 is 39.9 Å². The molecule has 2 N–H and O–H groups in total. The highest BCUT2D eigenvalue weighted by molar-refractivity contribution is 7.89. The average Bonchev–Trinajstić information content (AvgIpc) is 3.51. The van der Waals surface area contributed by atoms with Gasteiger partial charge in [-0.25, -0.2) is 27.1 Å². The lowest BCUT2D eigenvalue weighted by atomic mass is 10.1. The molecule has 2 aliphatic rings. The van der Waals surface area contributed by atoms with Gasteiger partial charge in [0.05, 0.1) is 12.4 Å². The molecular weight excluding hydrogens is 457 g/mol. The highest BCUT2D eigenvalue weighted by atomic mass is 32.2. The van der Waals surface area contributed by atoms with Crippen molar-refractivity contribution in [2.24, 2.45) is 5.92 Å². The van der Waals surface area contributed by atoms with E-state index >= 15 is 0 Å². The second kappa shape index (κ2) is 10.5. The Hall–Kier alpha value is -2.73. The topological polar surface area (TPSA) is 133 Å². The molecule has 0 aromatic heterocycles. The van der Waals surface area contributed by atoms with Crippen LogP contribution in [0.1, 0.15) is 50.6 Å². The van der Waals surface area contributed by atoms with Crippen molar-refractivity contribution in [3.8, 4) is 5.75 Å². The fraction of sp³-hybridized carbons (Fsp3) is 0.571. The average molecular weight is 486 g/mol. The van der Waals surface area contributed by atoms with Crippen LogP contribution in [0.3, 0.4) is 0 Å². The molecular formula is C21H28FN3O7S. The summed E-state index contributed by atoms with van der Waals surface area (Å²) >= 11 is 0. The molecule has 0 unspecified atom stereocenters. The van der Waals surface area contributed by atoms with Crippen LogP contribution < -0.4 is 9.46 Å². The number of sulfonamides is 1. The quantitative estimate of drug-likeness (QED) is 0.343. The largest absolute Gasteiger partial charge is 0.490 e. The Balaban J connectivity index is 1.42. The summed E-state index contributed by atoms with van der Waals surface area (Å²) < 4.78 is 46.9. The number of urea groups is 1. The molecule has 1 aliphatic heterocycles. The summed E-state index contributed by atoms with van der Waals surface area (Å²) in [7, 11) is -3.61. The first-order valence-corrected chi connectivity index (χ1v) is 12.5.